The maximum atomic E-state index is 5.93. The first-order valence-corrected chi connectivity index (χ1v) is 8.91. The Labute approximate surface area is 153 Å². The van der Waals surface area contributed by atoms with Gasteiger partial charge in [0.15, 0.2) is 11.6 Å². The van der Waals surface area contributed by atoms with E-state index in [1.54, 1.807) is 6.26 Å². The van der Waals surface area contributed by atoms with E-state index in [9.17, 15) is 0 Å². The zero-order valence-corrected chi connectivity index (χ0v) is 15.1. The first kappa shape index (κ1) is 16.5. The molecule has 0 atom stereocenters. The highest BCUT2D eigenvalue weighted by Crippen LogP contribution is 2.25. The predicted molar refractivity (Wildman–Crippen MR) is 103 cm³/mol. The van der Waals surface area contributed by atoms with Crippen molar-refractivity contribution >= 4 is 11.0 Å². The molecule has 4 rings (SSSR count). The van der Waals surface area contributed by atoms with Crippen LogP contribution in [0, 0.1) is 13.8 Å². The molecule has 0 fully saturated rings. The molecular weight excluding hydrogens is 324 g/mol. The Balaban J connectivity index is 1.50. The van der Waals surface area contributed by atoms with Gasteiger partial charge in [-0.05, 0) is 67.8 Å². The molecule has 0 saturated heterocycles. The number of para-hydroxylation sites is 2. The predicted octanol–water partition coefficient (Wildman–Crippen LogP) is 5.38. The van der Waals surface area contributed by atoms with Crippen molar-refractivity contribution in [1.29, 1.82) is 0 Å². The second kappa shape index (κ2) is 7.08. The van der Waals surface area contributed by atoms with Gasteiger partial charge in [-0.2, -0.15) is 0 Å². The largest absolute Gasteiger partial charge is 0.494 e. The number of nitrogens with zero attached hydrogens (tertiary/aromatic N) is 2. The van der Waals surface area contributed by atoms with Crippen LogP contribution in [-0.4, -0.2) is 16.2 Å². The lowest BCUT2D eigenvalue weighted by Crippen LogP contribution is -2.06. The van der Waals surface area contributed by atoms with E-state index in [1.807, 2.05) is 36.4 Å². The number of fused-ring (bicyclic) bond motifs is 1. The first-order valence-electron chi connectivity index (χ1n) is 8.91. The molecule has 4 heteroatoms. The zero-order chi connectivity index (χ0) is 17.9. The average Bonchev–Trinajstić information content (AvgIpc) is 3.29. The number of hydrogen-bond donors (Lipinski definition) is 0. The number of benzene rings is 2. The van der Waals surface area contributed by atoms with Gasteiger partial charge in [-0.1, -0.05) is 18.2 Å². The van der Waals surface area contributed by atoms with Gasteiger partial charge in [0.1, 0.15) is 5.75 Å². The number of ether oxygens (including phenoxy) is 1. The van der Waals surface area contributed by atoms with Crippen molar-refractivity contribution < 1.29 is 9.15 Å². The maximum Gasteiger partial charge on any atom is 0.177 e. The molecular formula is C22H22N2O2. The minimum Gasteiger partial charge on any atom is -0.494 e. The Bertz CT molecular complexity index is 1020. The molecule has 4 aromatic rings. The number of aromatic nitrogens is 2. The van der Waals surface area contributed by atoms with Gasteiger partial charge < -0.3 is 13.7 Å². The van der Waals surface area contributed by atoms with Crippen LogP contribution in [0.3, 0.4) is 0 Å². The highest BCUT2D eigenvalue weighted by Gasteiger charge is 2.14. The molecule has 0 aliphatic rings. The van der Waals surface area contributed by atoms with Crippen LogP contribution in [0.1, 0.15) is 17.5 Å². The van der Waals surface area contributed by atoms with Crippen LogP contribution in [0.5, 0.6) is 5.75 Å². The Morgan fingerprint density at radius 1 is 1.00 bits per heavy atom. The summed E-state index contributed by atoms with van der Waals surface area (Å²) in [5, 5.41) is 0. The van der Waals surface area contributed by atoms with Crippen molar-refractivity contribution in [2.75, 3.05) is 6.61 Å². The number of aryl methyl sites for hydroxylation is 3. The van der Waals surface area contributed by atoms with E-state index in [0.717, 1.165) is 41.3 Å². The molecule has 0 radical (unpaired) electrons. The van der Waals surface area contributed by atoms with Crippen LogP contribution in [0.25, 0.3) is 22.6 Å². The third-order valence-electron chi connectivity index (χ3n) is 4.67. The second-order valence-electron chi connectivity index (χ2n) is 6.50. The molecule has 0 aliphatic heterocycles. The fourth-order valence-electron chi connectivity index (χ4n) is 3.11. The molecule has 2 aromatic heterocycles. The maximum absolute atomic E-state index is 5.93. The number of rotatable bonds is 6. The lowest BCUT2D eigenvalue weighted by Gasteiger charge is -2.10. The SMILES string of the molecule is Cc1ccc(OCCCn2c(-c3ccco3)nc3ccccc32)cc1C. The van der Waals surface area contributed by atoms with Crippen molar-refractivity contribution in [3.8, 4) is 17.3 Å². The number of furan rings is 1. The number of imidazole rings is 1. The summed E-state index contributed by atoms with van der Waals surface area (Å²) in [5.74, 6) is 2.58. The van der Waals surface area contributed by atoms with Gasteiger partial charge in [0.05, 0.1) is 23.9 Å². The summed E-state index contributed by atoms with van der Waals surface area (Å²) >= 11 is 0. The summed E-state index contributed by atoms with van der Waals surface area (Å²) in [5.41, 5.74) is 4.63. The summed E-state index contributed by atoms with van der Waals surface area (Å²) in [6, 6.07) is 18.2. The quantitative estimate of drug-likeness (QED) is 0.440. The third kappa shape index (κ3) is 3.23. The molecule has 0 aliphatic carbocycles. The third-order valence-corrected chi connectivity index (χ3v) is 4.67. The molecule has 2 heterocycles. The molecule has 0 bridgehead atoms. The standard InChI is InChI=1S/C22H22N2O2/c1-16-10-11-18(15-17(16)2)25-14-6-12-24-20-8-4-3-7-19(20)23-22(24)21-9-5-13-26-21/h3-5,7-11,13,15H,6,12,14H2,1-2H3. The van der Waals surface area contributed by atoms with Crippen LogP contribution < -0.4 is 4.74 Å². The minimum absolute atomic E-state index is 0.659. The van der Waals surface area contributed by atoms with E-state index in [0.29, 0.717) is 6.61 Å². The lowest BCUT2D eigenvalue weighted by molar-refractivity contribution is 0.302. The van der Waals surface area contributed by atoms with E-state index in [1.165, 1.54) is 11.1 Å². The van der Waals surface area contributed by atoms with Crippen molar-refractivity contribution in [2.24, 2.45) is 0 Å². The minimum atomic E-state index is 0.659. The average molecular weight is 346 g/mol. The van der Waals surface area contributed by atoms with Gasteiger partial charge in [-0.3, -0.25) is 0 Å². The Hall–Kier alpha value is -3.01. The molecule has 0 N–H and O–H groups in total. The van der Waals surface area contributed by atoms with Crippen LogP contribution >= 0.6 is 0 Å². The topological polar surface area (TPSA) is 40.2 Å². The monoisotopic (exact) mass is 346 g/mol. The van der Waals surface area contributed by atoms with E-state index in [2.05, 4.69) is 36.6 Å². The Kier molecular flexibility index (Phi) is 4.48. The summed E-state index contributed by atoms with van der Waals surface area (Å²) in [6.07, 6.45) is 2.57. The van der Waals surface area contributed by atoms with Crippen LogP contribution in [0.4, 0.5) is 0 Å². The second-order valence-corrected chi connectivity index (χ2v) is 6.50. The lowest BCUT2D eigenvalue weighted by atomic mass is 10.1. The van der Waals surface area contributed by atoms with Crippen LogP contribution in [0.15, 0.2) is 65.3 Å². The van der Waals surface area contributed by atoms with E-state index in [-0.39, 0.29) is 0 Å². The zero-order valence-electron chi connectivity index (χ0n) is 15.1. The van der Waals surface area contributed by atoms with E-state index >= 15 is 0 Å². The van der Waals surface area contributed by atoms with Crippen molar-refractivity contribution in [3.63, 3.8) is 0 Å². The molecule has 4 nitrogen and oxygen atoms in total. The van der Waals surface area contributed by atoms with Gasteiger partial charge in [0, 0.05) is 6.54 Å². The first-order chi connectivity index (χ1) is 12.7. The summed E-state index contributed by atoms with van der Waals surface area (Å²) < 4.78 is 13.7. The fraction of sp³-hybridized carbons (Fsp3) is 0.227. The van der Waals surface area contributed by atoms with Crippen LogP contribution in [-0.2, 0) is 6.54 Å². The highest BCUT2D eigenvalue weighted by molar-refractivity contribution is 5.79. The summed E-state index contributed by atoms with van der Waals surface area (Å²) in [7, 11) is 0. The molecule has 132 valence electrons. The summed E-state index contributed by atoms with van der Waals surface area (Å²) in [4.78, 5) is 4.74. The molecule has 0 saturated carbocycles. The molecule has 2 aromatic carbocycles. The summed E-state index contributed by atoms with van der Waals surface area (Å²) in [6.45, 7) is 5.70. The fourth-order valence-corrected chi connectivity index (χ4v) is 3.11. The normalized spacial score (nSPS) is 11.2. The Morgan fingerprint density at radius 2 is 1.88 bits per heavy atom. The molecule has 0 unspecified atom stereocenters. The highest BCUT2D eigenvalue weighted by atomic mass is 16.5. The van der Waals surface area contributed by atoms with E-state index < -0.39 is 0 Å². The van der Waals surface area contributed by atoms with Crippen LogP contribution in [0.2, 0.25) is 0 Å². The van der Waals surface area contributed by atoms with Crippen molar-refractivity contribution in [2.45, 2.75) is 26.8 Å². The van der Waals surface area contributed by atoms with Crippen molar-refractivity contribution in [1.82, 2.24) is 9.55 Å². The van der Waals surface area contributed by atoms with Gasteiger partial charge in [-0.25, -0.2) is 4.98 Å². The molecule has 0 spiro atoms. The Morgan fingerprint density at radius 3 is 2.69 bits per heavy atom. The van der Waals surface area contributed by atoms with Gasteiger partial charge in [-0.15, -0.1) is 0 Å². The molecule has 0 amide bonds. The smallest absolute Gasteiger partial charge is 0.177 e. The van der Waals surface area contributed by atoms with Gasteiger partial charge in [0.2, 0.25) is 0 Å². The molecule has 26 heavy (non-hydrogen) atoms. The van der Waals surface area contributed by atoms with Gasteiger partial charge >= 0.3 is 0 Å². The van der Waals surface area contributed by atoms with Crippen molar-refractivity contribution in [3.05, 3.63) is 72.0 Å². The number of hydrogen-bond acceptors (Lipinski definition) is 3. The van der Waals surface area contributed by atoms with E-state index in [4.69, 9.17) is 14.1 Å². The van der Waals surface area contributed by atoms with Gasteiger partial charge in [0.25, 0.3) is 0 Å².